The van der Waals surface area contributed by atoms with Crippen LogP contribution in [0.1, 0.15) is 33.4 Å². The highest BCUT2D eigenvalue weighted by Gasteiger charge is 2.13. The van der Waals surface area contributed by atoms with E-state index in [1.54, 1.807) is 0 Å². The van der Waals surface area contributed by atoms with Crippen molar-refractivity contribution in [3.05, 3.63) is 210 Å². The fraction of sp³-hybridized carbons (Fsp3) is 0.125. The van der Waals surface area contributed by atoms with E-state index in [4.69, 9.17) is 28.4 Å². The highest BCUT2D eigenvalue weighted by molar-refractivity contribution is 14.1. The second-order valence-electron chi connectivity index (χ2n) is 13.0. The van der Waals surface area contributed by atoms with Gasteiger partial charge in [-0.15, -0.1) is 0 Å². The molecule has 0 radical (unpaired) electrons. The Morgan fingerprint density at radius 3 is 0.786 bits per heavy atom. The van der Waals surface area contributed by atoms with Crippen molar-refractivity contribution >= 4 is 45.2 Å². The molecule has 282 valence electrons. The minimum absolute atomic E-state index is 0.331. The molecule has 0 saturated heterocycles. The van der Waals surface area contributed by atoms with Crippen LogP contribution in [-0.4, -0.2) is 0 Å². The molecule has 8 heteroatoms. The van der Waals surface area contributed by atoms with Crippen LogP contribution in [0.5, 0.6) is 34.5 Å². The number of hydrogen-bond donors (Lipinski definition) is 0. The van der Waals surface area contributed by atoms with Crippen molar-refractivity contribution in [1.82, 2.24) is 0 Å². The lowest BCUT2D eigenvalue weighted by molar-refractivity contribution is 0.278. The molecule has 0 amide bonds. The summed E-state index contributed by atoms with van der Waals surface area (Å²) in [4.78, 5) is 0. The van der Waals surface area contributed by atoms with E-state index in [0.717, 1.165) is 52.0 Å². The number of ether oxygens (including phenoxy) is 6. The maximum Gasteiger partial charge on any atom is 0.134 e. The Kier molecular flexibility index (Phi) is 14.0. The summed E-state index contributed by atoms with van der Waals surface area (Å²) < 4.78 is 39.5. The van der Waals surface area contributed by atoms with E-state index in [-0.39, 0.29) is 0 Å². The summed E-state index contributed by atoms with van der Waals surface area (Å²) in [7, 11) is 0. The first-order valence-corrected chi connectivity index (χ1v) is 20.4. The molecule has 0 aliphatic heterocycles. The summed E-state index contributed by atoms with van der Waals surface area (Å²) in [5, 5.41) is 0. The van der Waals surface area contributed by atoms with Gasteiger partial charge in [-0.25, -0.2) is 0 Å². The van der Waals surface area contributed by atoms with Crippen molar-refractivity contribution in [2.24, 2.45) is 0 Å². The standard InChI is InChI=1S/C48H40I2O6/c49-45-28-48(56-34-40-23-43(53-31-37-17-9-3-10-18-37)26-44(24-40)54-32-38-19-11-4-12-20-38)46(50)27-47(45)55-33-39-21-41(51-29-35-13-5-1-6-14-35)25-42(22-39)52-30-36-15-7-2-8-16-36/h1-28H,29-34H2. The molecule has 0 bridgehead atoms. The summed E-state index contributed by atoms with van der Waals surface area (Å²) in [6.45, 7) is 2.47. The summed E-state index contributed by atoms with van der Waals surface area (Å²) in [6.07, 6.45) is 0. The highest BCUT2D eigenvalue weighted by Crippen LogP contribution is 2.34. The van der Waals surface area contributed by atoms with Crippen LogP contribution in [0.4, 0.5) is 0 Å². The average molecular weight is 967 g/mol. The lowest BCUT2D eigenvalue weighted by atomic mass is 10.2. The minimum atomic E-state index is 0.331. The normalized spacial score (nSPS) is 10.8. The smallest absolute Gasteiger partial charge is 0.134 e. The predicted molar refractivity (Wildman–Crippen MR) is 237 cm³/mol. The molecule has 0 aromatic heterocycles. The first-order valence-electron chi connectivity index (χ1n) is 18.2. The molecule has 0 saturated carbocycles. The van der Waals surface area contributed by atoms with Crippen molar-refractivity contribution in [2.75, 3.05) is 0 Å². The van der Waals surface area contributed by atoms with Crippen LogP contribution in [0, 0.1) is 7.14 Å². The predicted octanol–water partition coefficient (Wildman–Crippen LogP) is 12.4. The summed E-state index contributed by atoms with van der Waals surface area (Å²) in [6, 6.07) is 56.4. The van der Waals surface area contributed by atoms with E-state index in [1.165, 1.54) is 0 Å². The number of hydrogen-bond acceptors (Lipinski definition) is 6. The Hall–Kier alpha value is -5.20. The lowest BCUT2D eigenvalue weighted by Crippen LogP contribution is -2.03. The van der Waals surface area contributed by atoms with Crippen LogP contribution < -0.4 is 28.4 Å². The zero-order chi connectivity index (χ0) is 38.4. The monoisotopic (exact) mass is 966 g/mol. The van der Waals surface area contributed by atoms with Crippen LogP contribution >= 0.6 is 45.2 Å². The van der Waals surface area contributed by atoms with Crippen molar-refractivity contribution in [1.29, 1.82) is 0 Å². The highest BCUT2D eigenvalue weighted by atomic mass is 127. The van der Waals surface area contributed by atoms with Crippen LogP contribution in [0.25, 0.3) is 0 Å². The molecule has 56 heavy (non-hydrogen) atoms. The quantitative estimate of drug-likeness (QED) is 0.0799. The number of rotatable bonds is 18. The van der Waals surface area contributed by atoms with Gasteiger partial charge in [-0.1, -0.05) is 121 Å². The van der Waals surface area contributed by atoms with Crippen molar-refractivity contribution in [3.8, 4) is 34.5 Å². The molecule has 0 aliphatic carbocycles. The van der Waals surface area contributed by atoms with Gasteiger partial charge >= 0.3 is 0 Å². The molecule has 0 atom stereocenters. The molecule has 7 aromatic rings. The molecule has 7 aromatic carbocycles. The Morgan fingerprint density at radius 1 is 0.268 bits per heavy atom. The van der Waals surface area contributed by atoms with Gasteiger partial charge in [-0.3, -0.25) is 0 Å². The third-order valence-electron chi connectivity index (χ3n) is 8.65. The van der Waals surface area contributed by atoms with E-state index in [2.05, 4.69) is 45.2 Å². The van der Waals surface area contributed by atoms with Gasteiger partial charge in [0.25, 0.3) is 0 Å². The molecule has 0 heterocycles. The molecular weight excluding hydrogens is 926 g/mol. The average Bonchev–Trinajstić information content (AvgIpc) is 3.24. The van der Waals surface area contributed by atoms with Gasteiger partial charge in [0.2, 0.25) is 0 Å². The second-order valence-corrected chi connectivity index (χ2v) is 15.3. The largest absolute Gasteiger partial charge is 0.489 e. The lowest BCUT2D eigenvalue weighted by Gasteiger charge is -2.16. The summed E-state index contributed by atoms with van der Waals surface area (Å²) >= 11 is 4.60. The maximum absolute atomic E-state index is 6.40. The van der Waals surface area contributed by atoms with E-state index in [9.17, 15) is 0 Å². The van der Waals surface area contributed by atoms with Gasteiger partial charge in [0.1, 0.15) is 74.1 Å². The van der Waals surface area contributed by atoms with Gasteiger partial charge < -0.3 is 28.4 Å². The molecule has 0 fully saturated rings. The van der Waals surface area contributed by atoms with Gasteiger partial charge in [-0.05, 0) is 115 Å². The Balaban J connectivity index is 1.02. The first-order chi connectivity index (χ1) is 27.5. The zero-order valence-electron chi connectivity index (χ0n) is 30.6. The molecule has 0 spiro atoms. The Labute approximate surface area is 355 Å². The third kappa shape index (κ3) is 11.9. The first kappa shape index (κ1) is 39.1. The van der Waals surface area contributed by atoms with Crippen LogP contribution in [0.3, 0.4) is 0 Å². The van der Waals surface area contributed by atoms with Crippen molar-refractivity contribution in [3.63, 3.8) is 0 Å². The second kappa shape index (κ2) is 20.1. The van der Waals surface area contributed by atoms with Crippen molar-refractivity contribution in [2.45, 2.75) is 39.6 Å². The fourth-order valence-corrected chi connectivity index (χ4v) is 6.97. The van der Waals surface area contributed by atoms with Crippen molar-refractivity contribution < 1.29 is 28.4 Å². The molecule has 7 rings (SSSR count). The van der Waals surface area contributed by atoms with Gasteiger partial charge in [0, 0.05) is 12.1 Å². The topological polar surface area (TPSA) is 55.4 Å². The van der Waals surface area contributed by atoms with Gasteiger partial charge in [-0.2, -0.15) is 0 Å². The van der Waals surface area contributed by atoms with E-state index in [1.807, 2.05) is 170 Å². The van der Waals surface area contributed by atoms with E-state index < -0.39 is 0 Å². The third-order valence-corrected chi connectivity index (χ3v) is 10.3. The molecule has 6 nitrogen and oxygen atoms in total. The maximum atomic E-state index is 6.40. The van der Waals surface area contributed by atoms with Gasteiger partial charge in [0.15, 0.2) is 0 Å². The SMILES string of the molecule is Ic1cc(OCc2cc(OCc3ccccc3)cc(OCc3ccccc3)c2)c(I)cc1OCc1cc(OCc2ccccc2)cc(OCc2ccccc2)c1. The van der Waals surface area contributed by atoms with Crippen LogP contribution in [0.15, 0.2) is 170 Å². The summed E-state index contributed by atoms with van der Waals surface area (Å²) in [5.41, 5.74) is 6.23. The Morgan fingerprint density at radius 2 is 0.518 bits per heavy atom. The molecule has 0 N–H and O–H groups in total. The number of benzene rings is 7. The zero-order valence-corrected chi connectivity index (χ0v) is 34.9. The summed E-state index contributed by atoms with van der Waals surface area (Å²) in [5.74, 6) is 4.39. The van der Waals surface area contributed by atoms with Crippen LogP contribution in [-0.2, 0) is 39.6 Å². The minimum Gasteiger partial charge on any atom is -0.489 e. The molecule has 0 unspecified atom stereocenters. The number of halogens is 2. The van der Waals surface area contributed by atoms with E-state index in [0.29, 0.717) is 62.6 Å². The fourth-order valence-electron chi connectivity index (χ4n) is 5.78. The molecule has 0 aliphatic rings. The van der Waals surface area contributed by atoms with Crippen LogP contribution in [0.2, 0.25) is 0 Å². The molecular formula is C48H40I2O6. The van der Waals surface area contributed by atoms with Gasteiger partial charge in [0.05, 0.1) is 7.14 Å². The Bertz CT molecular complexity index is 2000. The van der Waals surface area contributed by atoms with E-state index >= 15 is 0 Å².